The van der Waals surface area contributed by atoms with Crippen LogP contribution in [0.5, 0.6) is 0 Å². The normalized spacial score (nSPS) is 30.1. The molecule has 0 aromatic heterocycles. The molecule has 10 heavy (non-hydrogen) atoms. The van der Waals surface area contributed by atoms with Gasteiger partial charge in [0.2, 0.25) is 0 Å². The molecule has 0 saturated carbocycles. The van der Waals surface area contributed by atoms with E-state index in [0.29, 0.717) is 0 Å². The molecule has 0 bridgehead atoms. The average molecular weight is 273 g/mol. The molecule has 2 unspecified atom stereocenters. The Morgan fingerprint density at radius 2 is 2.60 bits per heavy atom. The number of aliphatic carboxylic acids is 1. The molecule has 0 amide bonds. The van der Waals surface area contributed by atoms with Crippen molar-refractivity contribution in [2.24, 2.45) is 4.99 Å². The first-order chi connectivity index (χ1) is 4.75. The van der Waals surface area contributed by atoms with Crippen molar-refractivity contribution in [3.63, 3.8) is 0 Å². The van der Waals surface area contributed by atoms with Crippen LogP contribution in [0.2, 0.25) is 0 Å². The van der Waals surface area contributed by atoms with E-state index in [1.165, 1.54) is 15.3 Å². The van der Waals surface area contributed by atoms with Gasteiger partial charge in [0, 0.05) is 0 Å². The fourth-order valence-electron chi connectivity index (χ4n) is 0.555. The predicted octanol–water partition coefficient (Wildman–Crippen LogP) is 0.907. The van der Waals surface area contributed by atoms with E-state index in [9.17, 15) is 4.79 Å². The SMILES string of the molecule is O=C(O)C1N=COC1SI. The summed E-state index contributed by atoms with van der Waals surface area (Å²) in [7, 11) is 1.31. The van der Waals surface area contributed by atoms with Crippen molar-refractivity contribution in [2.75, 3.05) is 0 Å². The van der Waals surface area contributed by atoms with Crippen LogP contribution in [-0.2, 0) is 9.53 Å². The lowest BCUT2D eigenvalue weighted by molar-refractivity contribution is -0.139. The molecule has 0 aromatic carbocycles. The number of hydrogen-bond acceptors (Lipinski definition) is 4. The zero-order valence-electron chi connectivity index (χ0n) is 4.73. The van der Waals surface area contributed by atoms with Crippen LogP contribution in [0.15, 0.2) is 4.99 Å². The molecule has 6 heteroatoms. The zero-order valence-corrected chi connectivity index (χ0v) is 7.70. The van der Waals surface area contributed by atoms with Crippen LogP contribution >= 0.6 is 30.1 Å². The monoisotopic (exact) mass is 273 g/mol. The molecular weight excluding hydrogens is 269 g/mol. The second kappa shape index (κ2) is 3.42. The van der Waals surface area contributed by atoms with E-state index in [2.05, 4.69) is 4.99 Å². The highest BCUT2D eigenvalue weighted by Gasteiger charge is 2.32. The zero-order chi connectivity index (χ0) is 7.56. The maximum Gasteiger partial charge on any atom is 0.333 e. The molecule has 56 valence electrons. The highest BCUT2D eigenvalue weighted by Crippen LogP contribution is 2.27. The minimum atomic E-state index is -0.942. The van der Waals surface area contributed by atoms with Crippen LogP contribution < -0.4 is 0 Å². The van der Waals surface area contributed by atoms with Gasteiger partial charge in [-0.3, -0.25) is 0 Å². The molecular formula is C4H4INO3S. The summed E-state index contributed by atoms with van der Waals surface area (Å²) >= 11 is 1.99. The van der Waals surface area contributed by atoms with Gasteiger partial charge in [-0.25, -0.2) is 9.79 Å². The Morgan fingerprint density at radius 1 is 1.90 bits per heavy atom. The molecule has 1 N–H and O–H groups in total. The highest BCUT2D eigenvalue weighted by molar-refractivity contribution is 14.2. The molecule has 4 nitrogen and oxygen atoms in total. The smallest absolute Gasteiger partial charge is 0.333 e. The molecule has 2 atom stereocenters. The number of nitrogens with zero attached hydrogens (tertiary/aromatic N) is 1. The molecule has 1 aliphatic rings. The lowest BCUT2D eigenvalue weighted by atomic mass is 10.3. The van der Waals surface area contributed by atoms with Gasteiger partial charge in [-0.2, -0.15) is 0 Å². The molecule has 0 spiro atoms. The molecule has 0 radical (unpaired) electrons. The first-order valence-electron chi connectivity index (χ1n) is 2.43. The van der Waals surface area contributed by atoms with Gasteiger partial charge in [0.15, 0.2) is 17.9 Å². The quantitative estimate of drug-likeness (QED) is 0.760. The third kappa shape index (κ3) is 1.54. The van der Waals surface area contributed by atoms with Crippen molar-refractivity contribution in [1.82, 2.24) is 0 Å². The second-order valence-corrected chi connectivity index (χ2v) is 3.80. The third-order valence-corrected chi connectivity index (χ3v) is 3.06. The minimum Gasteiger partial charge on any atom is -0.480 e. The summed E-state index contributed by atoms with van der Waals surface area (Å²) in [5.41, 5.74) is -0.363. The lowest BCUT2D eigenvalue weighted by Gasteiger charge is -2.07. The number of rotatable bonds is 2. The maximum absolute atomic E-state index is 10.4. The number of hydrogen-bond donors (Lipinski definition) is 1. The Bertz CT molecular complexity index is 174. The minimum absolute atomic E-state index is 0.363. The van der Waals surface area contributed by atoms with Crippen molar-refractivity contribution in [2.45, 2.75) is 11.5 Å². The van der Waals surface area contributed by atoms with E-state index < -0.39 is 12.0 Å². The van der Waals surface area contributed by atoms with Gasteiger partial charge >= 0.3 is 5.97 Å². The molecule has 0 aliphatic carbocycles. The van der Waals surface area contributed by atoms with Crippen LogP contribution in [0.3, 0.4) is 0 Å². The van der Waals surface area contributed by atoms with Gasteiger partial charge in [0.1, 0.15) is 0 Å². The molecule has 0 saturated heterocycles. The van der Waals surface area contributed by atoms with Gasteiger partial charge in [0.05, 0.1) is 0 Å². The molecule has 1 aliphatic heterocycles. The second-order valence-electron chi connectivity index (χ2n) is 1.63. The highest BCUT2D eigenvalue weighted by atomic mass is 127. The molecule has 0 fully saturated rings. The molecule has 0 aromatic rings. The van der Waals surface area contributed by atoms with Crippen molar-refractivity contribution < 1.29 is 14.6 Å². The van der Waals surface area contributed by atoms with E-state index in [4.69, 9.17) is 9.84 Å². The van der Waals surface area contributed by atoms with Gasteiger partial charge in [0.25, 0.3) is 0 Å². The third-order valence-electron chi connectivity index (χ3n) is 1.02. The van der Waals surface area contributed by atoms with E-state index in [0.717, 1.165) is 0 Å². The van der Waals surface area contributed by atoms with Crippen molar-refractivity contribution in [1.29, 1.82) is 0 Å². The van der Waals surface area contributed by atoms with Gasteiger partial charge in [-0.15, -0.1) is 0 Å². The summed E-state index contributed by atoms with van der Waals surface area (Å²) in [5.74, 6) is -0.942. The van der Waals surface area contributed by atoms with Crippen molar-refractivity contribution in [3.8, 4) is 0 Å². The summed E-state index contributed by atoms with van der Waals surface area (Å²) in [6, 6.07) is -0.734. The largest absolute Gasteiger partial charge is 0.480 e. The number of carboxylic acids is 1. The van der Waals surface area contributed by atoms with Gasteiger partial charge in [-0.05, 0) is 30.1 Å². The lowest BCUT2D eigenvalue weighted by Crippen LogP contribution is -2.26. The van der Waals surface area contributed by atoms with E-state index in [-0.39, 0.29) is 5.44 Å². The molecule has 1 rings (SSSR count). The Morgan fingerprint density at radius 3 is 3.00 bits per heavy atom. The summed E-state index contributed by atoms with van der Waals surface area (Å²) < 4.78 is 4.86. The number of ether oxygens (including phenoxy) is 1. The summed E-state index contributed by atoms with van der Waals surface area (Å²) in [6.45, 7) is 0. The Kier molecular flexibility index (Phi) is 2.78. The average Bonchev–Trinajstić information content (AvgIpc) is 2.33. The Hall–Kier alpha value is 0.0200. The van der Waals surface area contributed by atoms with Crippen LogP contribution in [0, 0.1) is 0 Å². The first-order valence-corrected chi connectivity index (χ1v) is 5.85. The maximum atomic E-state index is 10.4. The van der Waals surface area contributed by atoms with Crippen molar-refractivity contribution in [3.05, 3.63) is 0 Å². The Balaban J connectivity index is 2.57. The number of carboxylic acid groups (broad SMARTS) is 1. The van der Waals surface area contributed by atoms with E-state index in [1.807, 2.05) is 21.2 Å². The number of aliphatic imine (C=N–C) groups is 1. The fraction of sp³-hybridized carbons (Fsp3) is 0.500. The molecule has 1 heterocycles. The van der Waals surface area contributed by atoms with Crippen LogP contribution in [0.1, 0.15) is 0 Å². The van der Waals surface area contributed by atoms with Crippen LogP contribution in [-0.4, -0.2) is 29.0 Å². The number of halogens is 1. The summed E-state index contributed by atoms with van der Waals surface area (Å²) in [5, 5.41) is 8.50. The Labute approximate surface area is 73.6 Å². The number of carbonyl (C=O) groups is 1. The van der Waals surface area contributed by atoms with Crippen LogP contribution in [0.25, 0.3) is 0 Å². The van der Waals surface area contributed by atoms with Gasteiger partial charge < -0.3 is 9.84 Å². The summed E-state index contributed by atoms with van der Waals surface area (Å²) in [4.78, 5) is 14.0. The predicted molar refractivity (Wildman–Crippen MR) is 46.4 cm³/mol. The first kappa shape index (κ1) is 8.12. The fourth-order valence-corrected chi connectivity index (χ4v) is 2.12. The van der Waals surface area contributed by atoms with E-state index in [1.54, 1.807) is 0 Å². The standard InChI is InChI=1S/C4H4INO3S/c5-10-4-2(3(7)8)6-1-9-4/h1-2,4H,(H,7,8). The van der Waals surface area contributed by atoms with Gasteiger partial charge in [-0.1, -0.05) is 0 Å². The van der Waals surface area contributed by atoms with Crippen LogP contribution in [0.4, 0.5) is 0 Å². The van der Waals surface area contributed by atoms with Crippen molar-refractivity contribution >= 4 is 42.5 Å². The van der Waals surface area contributed by atoms with E-state index >= 15 is 0 Å². The summed E-state index contributed by atoms with van der Waals surface area (Å²) in [6.07, 6.45) is 1.19. The topological polar surface area (TPSA) is 58.9 Å².